The van der Waals surface area contributed by atoms with Crippen LogP contribution in [-0.2, 0) is 13.0 Å². The molecule has 27 heavy (non-hydrogen) atoms. The zero-order chi connectivity index (χ0) is 19.1. The van der Waals surface area contributed by atoms with Crippen LogP contribution in [0.25, 0.3) is 0 Å². The van der Waals surface area contributed by atoms with Crippen molar-refractivity contribution in [2.45, 2.75) is 24.4 Å². The molecule has 0 saturated carbocycles. The Balaban J connectivity index is 1.51. The molecule has 0 fully saturated rings. The van der Waals surface area contributed by atoms with E-state index in [1.165, 1.54) is 23.5 Å². The van der Waals surface area contributed by atoms with Gasteiger partial charge < -0.3 is 5.32 Å². The van der Waals surface area contributed by atoms with Crippen LogP contribution in [0.5, 0.6) is 0 Å². The molecule has 1 aromatic carbocycles. The summed E-state index contributed by atoms with van der Waals surface area (Å²) < 4.78 is 13.6. The van der Waals surface area contributed by atoms with E-state index in [-0.39, 0.29) is 11.7 Å². The largest absolute Gasteiger partial charge is 0.347 e. The fraction of sp³-hybridized carbons (Fsp3) is 0.200. The van der Waals surface area contributed by atoms with Crippen molar-refractivity contribution in [3.8, 4) is 0 Å². The molecule has 3 nitrogen and oxygen atoms in total. The first-order chi connectivity index (χ1) is 13.1. The third-order valence-electron chi connectivity index (χ3n) is 3.83. The molecule has 2 heterocycles. The van der Waals surface area contributed by atoms with E-state index in [1.807, 2.05) is 12.1 Å². The Morgan fingerprint density at radius 2 is 2.00 bits per heavy atom. The average molecular weight is 421 g/mol. The lowest BCUT2D eigenvalue weighted by Crippen LogP contribution is -2.23. The maximum Gasteiger partial charge on any atom is 0.254 e. The summed E-state index contributed by atoms with van der Waals surface area (Å²) >= 11 is 8.92. The maximum absolute atomic E-state index is 12.9. The third kappa shape index (κ3) is 6.06. The quantitative estimate of drug-likeness (QED) is 0.381. The minimum atomic E-state index is -0.220. The van der Waals surface area contributed by atoms with Crippen molar-refractivity contribution in [3.05, 3.63) is 80.9 Å². The van der Waals surface area contributed by atoms with Crippen molar-refractivity contribution in [2.75, 3.05) is 5.75 Å². The Morgan fingerprint density at radius 1 is 1.19 bits per heavy atom. The topological polar surface area (TPSA) is 42.0 Å². The molecule has 3 aromatic rings. The van der Waals surface area contributed by atoms with Gasteiger partial charge >= 0.3 is 0 Å². The molecule has 0 unspecified atom stereocenters. The molecular formula is C20H18ClFN2OS2. The number of carbonyl (C=O) groups excluding carboxylic acids is 1. The van der Waals surface area contributed by atoms with Crippen LogP contribution in [0.2, 0.25) is 4.34 Å². The van der Waals surface area contributed by atoms with E-state index in [4.69, 9.17) is 11.6 Å². The summed E-state index contributed by atoms with van der Waals surface area (Å²) in [7, 11) is 0. The Morgan fingerprint density at radius 3 is 2.74 bits per heavy atom. The lowest BCUT2D eigenvalue weighted by Gasteiger charge is -2.08. The first kappa shape index (κ1) is 19.9. The molecule has 1 amide bonds. The van der Waals surface area contributed by atoms with E-state index >= 15 is 0 Å². The van der Waals surface area contributed by atoms with Crippen LogP contribution in [0, 0.1) is 5.82 Å². The highest BCUT2D eigenvalue weighted by Crippen LogP contribution is 2.23. The van der Waals surface area contributed by atoms with Crippen molar-refractivity contribution in [2.24, 2.45) is 0 Å². The summed E-state index contributed by atoms with van der Waals surface area (Å²) in [6.45, 7) is 0.444. The normalized spacial score (nSPS) is 10.7. The first-order valence-corrected chi connectivity index (χ1v) is 10.6. The highest BCUT2D eigenvalue weighted by atomic mass is 35.5. The summed E-state index contributed by atoms with van der Waals surface area (Å²) in [5.41, 5.74) is 1.68. The second-order valence-corrected chi connectivity index (χ2v) is 8.71. The van der Waals surface area contributed by atoms with Gasteiger partial charge in [-0.2, -0.15) is 0 Å². The number of thioether (sulfide) groups is 1. The third-order valence-corrected chi connectivity index (χ3v) is 6.15. The molecule has 0 saturated heterocycles. The van der Waals surface area contributed by atoms with Crippen molar-refractivity contribution in [1.82, 2.24) is 10.3 Å². The molecule has 0 spiro atoms. The number of aromatic nitrogens is 1. The number of rotatable bonds is 8. The van der Waals surface area contributed by atoms with E-state index in [0.29, 0.717) is 16.4 Å². The van der Waals surface area contributed by atoms with E-state index in [9.17, 15) is 9.18 Å². The summed E-state index contributed by atoms with van der Waals surface area (Å²) in [4.78, 5) is 17.9. The molecule has 140 valence electrons. The highest BCUT2D eigenvalue weighted by Gasteiger charge is 2.13. The molecule has 3 rings (SSSR count). The van der Waals surface area contributed by atoms with Crippen LogP contribution in [-0.4, -0.2) is 16.6 Å². The minimum absolute atomic E-state index is 0.145. The predicted molar refractivity (Wildman–Crippen MR) is 110 cm³/mol. The van der Waals surface area contributed by atoms with Crippen LogP contribution in [0.4, 0.5) is 4.39 Å². The summed E-state index contributed by atoms with van der Waals surface area (Å²) in [5.74, 6) is 0.464. The lowest BCUT2D eigenvalue weighted by molar-refractivity contribution is 0.0947. The first-order valence-electron chi connectivity index (χ1n) is 8.46. The summed E-state index contributed by atoms with van der Waals surface area (Å²) in [5, 5.41) is 3.64. The molecule has 2 aromatic heterocycles. The number of halogens is 2. The van der Waals surface area contributed by atoms with E-state index in [2.05, 4.69) is 10.3 Å². The molecule has 7 heteroatoms. The molecule has 0 aliphatic carbocycles. The Bertz CT molecular complexity index is 899. The van der Waals surface area contributed by atoms with Gasteiger partial charge in [-0.25, -0.2) is 9.37 Å². The van der Waals surface area contributed by atoms with Gasteiger partial charge in [0.05, 0.1) is 16.4 Å². The van der Waals surface area contributed by atoms with Gasteiger partial charge in [0, 0.05) is 11.1 Å². The SMILES string of the molecule is O=C(NCc1ccc(Cl)s1)c1cccnc1SCCCc1ccc(F)cc1. The molecule has 0 radical (unpaired) electrons. The van der Waals surface area contributed by atoms with Crippen molar-refractivity contribution < 1.29 is 9.18 Å². The monoisotopic (exact) mass is 420 g/mol. The maximum atomic E-state index is 12.9. The lowest BCUT2D eigenvalue weighted by atomic mass is 10.1. The van der Waals surface area contributed by atoms with Crippen LogP contribution in [0.1, 0.15) is 27.2 Å². The predicted octanol–water partition coefficient (Wildman–Crippen LogP) is 5.59. The van der Waals surface area contributed by atoms with Crippen LogP contribution in [0.15, 0.2) is 59.8 Å². The molecule has 0 bridgehead atoms. The van der Waals surface area contributed by atoms with E-state index < -0.39 is 0 Å². The number of nitrogens with one attached hydrogen (secondary N) is 1. The van der Waals surface area contributed by atoms with Gasteiger partial charge in [0.25, 0.3) is 5.91 Å². The van der Waals surface area contributed by atoms with Gasteiger partial charge in [-0.3, -0.25) is 4.79 Å². The Hall–Kier alpha value is -1.89. The number of carbonyl (C=O) groups is 1. The molecule has 0 atom stereocenters. The number of hydrogen-bond donors (Lipinski definition) is 1. The number of benzene rings is 1. The average Bonchev–Trinajstić information content (AvgIpc) is 3.10. The second kappa shape index (κ2) is 9.88. The fourth-order valence-corrected chi connectivity index (χ4v) is 4.45. The van der Waals surface area contributed by atoms with Gasteiger partial charge in [0.1, 0.15) is 10.8 Å². The van der Waals surface area contributed by atoms with E-state index in [0.717, 1.165) is 34.1 Å². The van der Waals surface area contributed by atoms with Crippen LogP contribution in [0.3, 0.4) is 0 Å². The number of aryl methyl sites for hydroxylation is 1. The number of pyridine rings is 1. The number of amides is 1. The van der Waals surface area contributed by atoms with Gasteiger partial charge in [0.2, 0.25) is 0 Å². The zero-order valence-corrected chi connectivity index (χ0v) is 16.8. The second-order valence-electron chi connectivity index (χ2n) is 5.82. The van der Waals surface area contributed by atoms with Crippen LogP contribution >= 0.6 is 34.7 Å². The fourth-order valence-electron chi connectivity index (χ4n) is 2.48. The molecule has 1 N–H and O–H groups in total. The van der Waals surface area contributed by atoms with Crippen LogP contribution < -0.4 is 5.32 Å². The van der Waals surface area contributed by atoms with Gasteiger partial charge in [-0.15, -0.1) is 23.1 Å². The minimum Gasteiger partial charge on any atom is -0.347 e. The molecular weight excluding hydrogens is 403 g/mol. The summed E-state index contributed by atoms with van der Waals surface area (Å²) in [6.07, 6.45) is 3.47. The van der Waals surface area contributed by atoms with E-state index in [1.54, 1.807) is 42.2 Å². The van der Waals surface area contributed by atoms with Crippen molar-refractivity contribution >= 4 is 40.6 Å². The van der Waals surface area contributed by atoms with Gasteiger partial charge in [-0.1, -0.05) is 23.7 Å². The molecule has 0 aliphatic rings. The number of thiophene rings is 1. The smallest absolute Gasteiger partial charge is 0.254 e. The Kier molecular flexibility index (Phi) is 7.26. The number of hydrogen-bond acceptors (Lipinski definition) is 4. The van der Waals surface area contributed by atoms with Gasteiger partial charge in [0.15, 0.2) is 0 Å². The standard InChI is InChI=1S/C20H18ClFN2OS2/c21-18-10-9-16(27-18)13-24-19(25)17-4-1-11-23-20(17)26-12-2-3-14-5-7-15(22)8-6-14/h1,4-11H,2-3,12-13H2,(H,24,25). The Labute approximate surface area is 171 Å². The van der Waals surface area contributed by atoms with Crippen molar-refractivity contribution in [1.29, 1.82) is 0 Å². The number of nitrogens with zero attached hydrogens (tertiary/aromatic N) is 1. The zero-order valence-electron chi connectivity index (χ0n) is 14.5. The van der Waals surface area contributed by atoms with Crippen molar-refractivity contribution in [3.63, 3.8) is 0 Å². The van der Waals surface area contributed by atoms with Gasteiger partial charge in [-0.05, 0) is 60.6 Å². The summed E-state index contributed by atoms with van der Waals surface area (Å²) in [6, 6.07) is 13.8. The highest BCUT2D eigenvalue weighted by molar-refractivity contribution is 7.99. The molecule has 0 aliphatic heterocycles.